The summed E-state index contributed by atoms with van der Waals surface area (Å²) in [7, 11) is 1.90. The van der Waals surface area contributed by atoms with Crippen LogP contribution in [0, 0.1) is 5.82 Å². The molecule has 1 aliphatic rings. The lowest BCUT2D eigenvalue weighted by atomic mass is 9.94. The molecular weight excluding hydrogens is 459 g/mol. The second-order valence-electron chi connectivity index (χ2n) is 8.04. The molecule has 0 aliphatic carbocycles. The average molecular weight is 485 g/mol. The molecule has 0 spiro atoms. The molecule has 10 heteroatoms. The van der Waals surface area contributed by atoms with Crippen LogP contribution in [0.4, 0.5) is 15.3 Å². The third-order valence-corrected chi connectivity index (χ3v) is 7.86. The van der Waals surface area contributed by atoms with Gasteiger partial charge in [-0.15, -0.1) is 11.3 Å². The SMILES string of the molecule is CSN1CCC(c2ccc3nc(CO)c(N(C)c4nc(-c5ccc(F)cc5)cs4)n3n2)CC1. The topological polar surface area (TPSA) is 69.8 Å². The molecular formula is C23H25FN6OS2. The molecule has 33 heavy (non-hydrogen) atoms. The van der Waals surface area contributed by atoms with Crippen LogP contribution in [0.2, 0.25) is 0 Å². The van der Waals surface area contributed by atoms with E-state index in [0.29, 0.717) is 23.1 Å². The largest absolute Gasteiger partial charge is 0.390 e. The van der Waals surface area contributed by atoms with Crippen LogP contribution in [-0.4, -0.2) is 55.4 Å². The minimum Gasteiger partial charge on any atom is -0.390 e. The van der Waals surface area contributed by atoms with Gasteiger partial charge < -0.3 is 10.0 Å². The molecule has 172 valence electrons. The van der Waals surface area contributed by atoms with E-state index in [0.717, 1.165) is 48.0 Å². The number of aliphatic hydroxyl groups excluding tert-OH is 1. The van der Waals surface area contributed by atoms with Crippen LogP contribution in [0.25, 0.3) is 16.9 Å². The normalized spacial score (nSPS) is 15.4. The number of rotatable bonds is 6. The number of fused-ring (bicyclic) bond motifs is 1. The molecule has 5 rings (SSSR count). The maximum absolute atomic E-state index is 13.3. The minimum atomic E-state index is -0.273. The van der Waals surface area contributed by atoms with Gasteiger partial charge in [-0.3, -0.25) is 4.31 Å². The molecule has 7 nitrogen and oxygen atoms in total. The van der Waals surface area contributed by atoms with Gasteiger partial charge >= 0.3 is 0 Å². The molecule has 1 fully saturated rings. The molecule has 4 heterocycles. The van der Waals surface area contributed by atoms with Gasteiger partial charge in [-0.25, -0.2) is 14.4 Å². The van der Waals surface area contributed by atoms with E-state index in [1.165, 1.54) is 23.5 Å². The monoisotopic (exact) mass is 484 g/mol. The van der Waals surface area contributed by atoms with E-state index in [1.54, 1.807) is 24.1 Å². The van der Waals surface area contributed by atoms with E-state index in [4.69, 9.17) is 10.1 Å². The minimum absolute atomic E-state index is 0.194. The van der Waals surface area contributed by atoms with Crippen molar-refractivity contribution in [1.29, 1.82) is 0 Å². The first kappa shape index (κ1) is 22.3. The van der Waals surface area contributed by atoms with Gasteiger partial charge in [0.05, 0.1) is 18.0 Å². The van der Waals surface area contributed by atoms with E-state index in [-0.39, 0.29) is 12.4 Å². The zero-order chi connectivity index (χ0) is 22.9. The molecule has 0 amide bonds. The summed E-state index contributed by atoms with van der Waals surface area (Å²) < 4.78 is 17.5. The van der Waals surface area contributed by atoms with Gasteiger partial charge in [0, 0.05) is 37.0 Å². The zero-order valence-electron chi connectivity index (χ0n) is 18.5. The fourth-order valence-corrected chi connectivity index (χ4v) is 5.61. The highest BCUT2D eigenvalue weighted by Crippen LogP contribution is 2.34. The van der Waals surface area contributed by atoms with Crippen molar-refractivity contribution in [2.24, 2.45) is 0 Å². The smallest absolute Gasteiger partial charge is 0.191 e. The van der Waals surface area contributed by atoms with Gasteiger partial charge in [0.25, 0.3) is 0 Å². The van der Waals surface area contributed by atoms with E-state index in [9.17, 15) is 9.50 Å². The first-order valence-corrected chi connectivity index (χ1v) is 12.9. The van der Waals surface area contributed by atoms with Gasteiger partial charge in [0.2, 0.25) is 0 Å². The molecule has 1 aliphatic heterocycles. The Bertz CT molecular complexity index is 1250. The number of benzene rings is 1. The fraction of sp³-hybridized carbons (Fsp3) is 0.348. The van der Waals surface area contributed by atoms with Crippen molar-refractivity contribution in [1.82, 2.24) is 23.9 Å². The highest BCUT2D eigenvalue weighted by atomic mass is 32.2. The van der Waals surface area contributed by atoms with Crippen LogP contribution in [0.3, 0.4) is 0 Å². The Labute approximate surface area is 200 Å². The third kappa shape index (κ3) is 4.35. The number of piperidine rings is 1. The molecule has 4 aromatic rings. The van der Waals surface area contributed by atoms with Crippen LogP contribution in [0.5, 0.6) is 0 Å². The quantitative estimate of drug-likeness (QED) is 0.398. The van der Waals surface area contributed by atoms with E-state index in [2.05, 4.69) is 21.6 Å². The summed E-state index contributed by atoms with van der Waals surface area (Å²) in [5, 5.41) is 17.6. The lowest BCUT2D eigenvalue weighted by Gasteiger charge is -2.29. The lowest BCUT2D eigenvalue weighted by Crippen LogP contribution is -2.27. The molecule has 0 atom stereocenters. The number of aromatic nitrogens is 4. The van der Waals surface area contributed by atoms with Crippen molar-refractivity contribution < 1.29 is 9.50 Å². The molecule has 1 saturated heterocycles. The van der Waals surface area contributed by atoms with Crippen molar-refractivity contribution >= 4 is 39.9 Å². The first-order chi connectivity index (χ1) is 16.1. The number of anilines is 2. The Morgan fingerprint density at radius 2 is 1.91 bits per heavy atom. The molecule has 0 radical (unpaired) electrons. The molecule has 3 aromatic heterocycles. The first-order valence-electron chi connectivity index (χ1n) is 10.8. The molecule has 0 saturated carbocycles. The molecule has 1 aromatic carbocycles. The highest BCUT2D eigenvalue weighted by Gasteiger charge is 2.24. The van der Waals surface area contributed by atoms with Gasteiger partial charge in [0.1, 0.15) is 11.5 Å². The summed E-state index contributed by atoms with van der Waals surface area (Å²) in [6, 6.07) is 10.3. The van der Waals surface area contributed by atoms with Crippen molar-refractivity contribution in [2.45, 2.75) is 25.4 Å². The summed E-state index contributed by atoms with van der Waals surface area (Å²) in [6.07, 6.45) is 4.26. The Morgan fingerprint density at radius 3 is 2.61 bits per heavy atom. The predicted octanol–water partition coefficient (Wildman–Crippen LogP) is 4.71. The van der Waals surface area contributed by atoms with Gasteiger partial charge in [-0.1, -0.05) is 11.9 Å². The second-order valence-corrected chi connectivity index (χ2v) is 9.75. The summed E-state index contributed by atoms with van der Waals surface area (Å²) in [6.45, 7) is 1.91. The second kappa shape index (κ2) is 9.38. The molecule has 0 bridgehead atoms. The Kier molecular flexibility index (Phi) is 6.33. The van der Waals surface area contributed by atoms with E-state index >= 15 is 0 Å². The Morgan fingerprint density at radius 1 is 1.15 bits per heavy atom. The summed E-state index contributed by atoms with van der Waals surface area (Å²) >= 11 is 3.28. The number of nitrogens with zero attached hydrogens (tertiary/aromatic N) is 6. The Balaban J connectivity index is 1.48. The van der Waals surface area contributed by atoms with Crippen LogP contribution in [0.1, 0.15) is 30.1 Å². The Hall–Kier alpha value is -2.53. The standard InChI is InChI=1S/C23H25FN6OS2/c1-28(23-26-20(14-33-23)15-3-5-17(24)6-4-15)22-19(13-31)25-21-8-7-18(27-30(21)22)16-9-11-29(32-2)12-10-16/h3-8,14,16,31H,9-13H2,1-2H3. The maximum Gasteiger partial charge on any atom is 0.191 e. The van der Waals surface area contributed by atoms with Crippen LogP contribution < -0.4 is 4.90 Å². The maximum atomic E-state index is 13.3. The third-order valence-electron chi connectivity index (χ3n) is 6.06. The number of imidazole rings is 1. The zero-order valence-corrected chi connectivity index (χ0v) is 20.1. The number of thiazole rings is 1. The highest BCUT2D eigenvalue weighted by molar-refractivity contribution is 7.96. The van der Waals surface area contributed by atoms with Crippen molar-refractivity contribution in [3.63, 3.8) is 0 Å². The number of halogens is 1. The van der Waals surface area contributed by atoms with Gasteiger partial charge in [0.15, 0.2) is 16.6 Å². The van der Waals surface area contributed by atoms with Crippen molar-refractivity contribution in [3.05, 3.63) is 59.0 Å². The van der Waals surface area contributed by atoms with Crippen LogP contribution >= 0.6 is 23.3 Å². The van der Waals surface area contributed by atoms with Gasteiger partial charge in [-0.05, 0) is 55.5 Å². The summed E-state index contributed by atoms with van der Waals surface area (Å²) in [5.74, 6) is 0.836. The van der Waals surface area contributed by atoms with Crippen molar-refractivity contribution in [2.75, 3.05) is 31.3 Å². The van der Waals surface area contributed by atoms with Crippen LogP contribution in [0.15, 0.2) is 41.8 Å². The number of aliphatic hydroxyl groups is 1. The van der Waals surface area contributed by atoms with E-state index in [1.807, 2.05) is 27.9 Å². The van der Waals surface area contributed by atoms with Crippen LogP contribution in [-0.2, 0) is 6.61 Å². The van der Waals surface area contributed by atoms with Gasteiger partial charge in [-0.2, -0.15) is 9.61 Å². The predicted molar refractivity (Wildman–Crippen MR) is 132 cm³/mol. The summed E-state index contributed by atoms with van der Waals surface area (Å²) in [4.78, 5) is 11.3. The lowest BCUT2D eigenvalue weighted by molar-refractivity contribution is 0.278. The summed E-state index contributed by atoms with van der Waals surface area (Å²) in [5.41, 5.74) is 3.92. The molecule has 1 N–H and O–H groups in total. The molecule has 0 unspecified atom stereocenters. The fourth-order valence-electron chi connectivity index (χ4n) is 4.24. The van der Waals surface area contributed by atoms with Crippen molar-refractivity contribution in [3.8, 4) is 11.3 Å². The number of hydrogen-bond acceptors (Lipinski definition) is 8. The number of hydrogen-bond donors (Lipinski definition) is 1. The average Bonchev–Trinajstić information content (AvgIpc) is 3.49. The van der Waals surface area contributed by atoms with E-state index < -0.39 is 0 Å².